The number of nitrogens with zero attached hydrogens (tertiary/aromatic N) is 2. The van der Waals surface area contributed by atoms with Crippen molar-refractivity contribution in [3.05, 3.63) is 93.0 Å². The average molecular weight is 444 g/mol. The van der Waals surface area contributed by atoms with Crippen LogP contribution in [-0.2, 0) is 18.9 Å². The second-order valence-corrected chi connectivity index (χ2v) is 6.31. The van der Waals surface area contributed by atoms with Crippen LogP contribution >= 0.6 is 0 Å². The van der Waals surface area contributed by atoms with Gasteiger partial charge in [0.1, 0.15) is 11.5 Å². The van der Waals surface area contributed by atoms with E-state index in [1.807, 2.05) is 0 Å². The second-order valence-electron chi connectivity index (χ2n) is 6.31. The molecule has 11 nitrogen and oxygen atoms in total. The fourth-order valence-corrected chi connectivity index (χ4v) is 2.42. The Hall–Kier alpha value is -4.41. The molecule has 0 aliphatic rings. The molecule has 0 fully saturated rings. The highest BCUT2D eigenvalue weighted by atomic mass is 16.8. The largest absolute Gasteiger partial charge is 0.514 e. The van der Waals surface area contributed by atoms with E-state index in [9.17, 15) is 25.0 Å². The van der Waals surface area contributed by atoms with E-state index in [2.05, 4.69) is 13.2 Å². The van der Waals surface area contributed by atoms with Crippen LogP contribution in [0.1, 0.15) is 25.0 Å². The SMILES string of the molecule is C=C(OC(C)OC(=O)OC(C)OC(=C)c1ccc([N+](=O)[O-])cc1)c1ccc([N+](=O)[O-])cc1. The molecular weight excluding hydrogens is 424 g/mol. The van der Waals surface area contributed by atoms with Gasteiger partial charge in [-0.1, -0.05) is 13.2 Å². The quantitative estimate of drug-likeness (QED) is 0.162. The van der Waals surface area contributed by atoms with E-state index >= 15 is 0 Å². The lowest BCUT2D eigenvalue weighted by atomic mass is 10.2. The van der Waals surface area contributed by atoms with Crippen LogP contribution in [0.3, 0.4) is 0 Å². The van der Waals surface area contributed by atoms with Crippen molar-refractivity contribution in [2.24, 2.45) is 0 Å². The van der Waals surface area contributed by atoms with E-state index in [0.29, 0.717) is 11.1 Å². The molecule has 0 radical (unpaired) electrons. The number of nitro benzene ring substituents is 2. The first kappa shape index (κ1) is 23.9. The lowest BCUT2D eigenvalue weighted by Gasteiger charge is -2.20. The highest BCUT2D eigenvalue weighted by Gasteiger charge is 2.18. The van der Waals surface area contributed by atoms with Crippen LogP contribution in [-0.4, -0.2) is 28.6 Å². The molecular formula is C21H20N2O9. The van der Waals surface area contributed by atoms with E-state index in [1.165, 1.54) is 62.4 Å². The van der Waals surface area contributed by atoms with Crippen LogP contribution in [0.2, 0.25) is 0 Å². The van der Waals surface area contributed by atoms with E-state index < -0.39 is 28.6 Å². The van der Waals surface area contributed by atoms with Crippen molar-refractivity contribution in [2.45, 2.75) is 26.4 Å². The maximum Gasteiger partial charge on any atom is 0.514 e. The summed E-state index contributed by atoms with van der Waals surface area (Å²) in [5.74, 6) is 0.270. The number of benzene rings is 2. The Balaban J connectivity index is 1.81. The first-order valence-corrected chi connectivity index (χ1v) is 9.15. The van der Waals surface area contributed by atoms with E-state index in [0.717, 1.165) is 0 Å². The Bertz CT molecular complexity index is 935. The minimum atomic E-state index is -1.09. The molecule has 0 spiro atoms. The van der Waals surface area contributed by atoms with Gasteiger partial charge in [-0.2, -0.15) is 0 Å². The fourth-order valence-electron chi connectivity index (χ4n) is 2.42. The Morgan fingerprint density at radius 3 is 1.31 bits per heavy atom. The van der Waals surface area contributed by atoms with Gasteiger partial charge in [0.2, 0.25) is 12.6 Å². The van der Waals surface area contributed by atoms with E-state index in [4.69, 9.17) is 18.9 Å². The minimum Gasteiger partial charge on any atom is -0.455 e. The van der Waals surface area contributed by atoms with Gasteiger partial charge in [0.05, 0.1) is 9.85 Å². The van der Waals surface area contributed by atoms with Crippen molar-refractivity contribution in [3.8, 4) is 0 Å². The zero-order chi connectivity index (χ0) is 23.8. The summed E-state index contributed by atoms with van der Waals surface area (Å²) in [5, 5.41) is 21.4. The molecule has 0 aromatic heterocycles. The normalized spacial score (nSPS) is 12.1. The molecule has 0 N–H and O–H groups in total. The summed E-state index contributed by atoms with van der Waals surface area (Å²) in [5.41, 5.74) is 0.767. The van der Waals surface area contributed by atoms with Crippen molar-refractivity contribution < 1.29 is 33.6 Å². The Morgan fingerprint density at radius 2 is 1.03 bits per heavy atom. The third kappa shape index (κ3) is 6.83. The standard InChI is InChI=1S/C21H20N2O9/c1-13(17-5-9-19(10-6-17)22(25)26)29-15(3)31-21(24)32-16(4)30-14(2)18-7-11-20(12-8-18)23(27)28/h5-12,15-16H,1-2H2,3-4H3. The molecule has 2 atom stereocenters. The highest BCUT2D eigenvalue weighted by molar-refractivity contribution is 5.62. The molecule has 2 rings (SSSR count). The second kappa shape index (κ2) is 10.6. The van der Waals surface area contributed by atoms with Gasteiger partial charge >= 0.3 is 6.16 Å². The third-order valence-corrected chi connectivity index (χ3v) is 3.94. The van der Waals surface area contributed by atoms with E-state index in [-0.39, 0.29) is 22.9 Å². The highest BCUT2D eigenvalue weighted by Crippen LogP contribution is 2.22. The summed E-state index contributed by atoms with van der Waals surface area (Å²) in [6, 6.07) is 11.0. The van der Waals surface area contributed by atoms with Gasteiger partial charge in [-0.05, 0) is 24.3 Å². The Kier molecular flexibility index (Phi) is 7.88. The number of nitro groups is 2. The van der Waals surface area contributed by atoms with Gasteiger partial charge in [0.15, 0.2) is 0 Å². The molecule has 32 heavy (non-hydrogen) atoms. The summed E-state index contributed by atoms with van der Waals surface area (Å²) in [6.45, 7) is 10.2. The first-order valence-electron chi connectivity index (χ1n) is 9.15. The third-order valence-electron chi connectivity index (χ3n) is 3.94. The molecule has 0 heterocycles. The number of hydrogen-bond donors (Lipinski definition) is 0. The van der Waals surface area contributed by atoms with Crippen LogP contribution in [0.5, 0.6) is 0 Å². The van der Waals surface area contributed by atoms with Crippen LogP contribution in [0.4, 0.5) is 16.2 Å². The molecule has 2 unspecified atom stereocenters. The Labute approximate surface area is 182 Å². The van der Waals surface area contributed by atoms with Gasteiger partial charge in [-0.3, -0.25) is 20.2 Å². The molecule has 0 aliphatic heterocycles. The number of carbonyl (C=O) groups is 1. The zero-order valence-corrected chi connectivity index (χ0v) is 17.3. The van der Waals surface area contributed by atoms with Crippen molar-refractivity contribution >= 4 is 29.0 Å². The lowest BCUT2D eigenvalue weighted by molar-refractivity contribution is -0.385. The fraction of sp³-hybridized carbons (Fsp3) is 0.190. The monoisotopic (exact) mass is 444 g/mol. The maximum absolute atomic E-state index is 11.9. The molecule has 0 aliphatic carbocycles. The molecule has 168 valence electrons. The molecule has 0 saturated heterocycles. The van der Waals surface area contributed by atoms with Crippen LogP contribution in [0.25, 0.3) is 11.5 Å². The topological polar surface area (TPSA) is 140 Å². The number of non-ortho nitro benzene ring substituents is 2. The van der Waals surface area contributed by atoms with Gasteiger partial charge in [-0.15, -0.1) is 0 Å². The lowest BCUT2D eigenvalue weighted by Crippen LogP contribution is -2.23. The van der Waals surface area contributed by atoms with Crippen molar-refractivity contribution in [1.29, 1.82) is 0 Å². The summed E-state index contributed by atoms with van der Waals surface area (Å²) >= 11 is 0. The first-order chi connectivity index (χ1) is 15.1. The smallest absolute Gasteiger partial charge is 0.455 e. The Morgan fingerprint density at radius 1 is 0.719 bits per heavy atom. The number of ether oxygens (including phenoxy) is 4. The number of hydrogen-bond acceptors (Lipinski definition) is 9. The van der Waals surface area contributed by atoms with Crippen LogP contribution < -0.4 is 0 Å². The average Bonchev–Trinajstić information content (AvgIpc) is 2.73. The molecule has 2 aromatic carbocycles. The van der Waals surface area contributed by atoms with Crippen LogP contribution in [0.15, 0.2) is 61.7 Å². The molecule has 11 heteroatoms. The van der Waals surface area contributed by atoms with Gasteiger partial charge in [0.25, 0.3) is 11.4 Å². The van der Waals surface area contributed by atoms with E-state index in [1.54, 1.807) is 0 Å². The summed E-state index contributed by atoms with van der Waals surface area (Å²) in [6.07, 6.45) is -3.23. The molecule has 2 aromatic rings. The summed E-state index contributed by atoms with van der Waals surface area (Å²) in [4.78, 5) is 32.2. The summed E-state index contributed by atoms with van der Waals surface area (Å²) < 4.78 is 20.7. The summed E-state index contributed by atoms with van der Waals surface area (Å²) in [7, 11) is 0. The predicted molar refractivity (Wildman–Crippen MR) is 113 cm³/mol. The number of rotatable bonds is 10. The molecule has 0 bridgehead atoms. The van der Waals surface area contributed by atoms with Crippen LogP contribution in [0, 0.1) is 20.2 Å². The zero-order valence-electron chi connectivity index (χ0n) is 17.3. The van der Waals surface area contributed by atoms with Gasteiger partial charge in [0, 0.05) is 49.2 Å². The predicted octanol–water partition coefficient (Wildman–Crippen LogP) is 5.02. The van der Waals surface area contributed by atoms with Crippen molar-refractivity contribution in [3.63, 3.8) is 0 Å². The van der Waals surface area contributed by atoms with Gasteiger partial charge < -0.3 is 18.9 Å². The molecule has 0 saturated carbocycles. The minimum absolute atomic E-state index is 0.0845. The number of carbonyl (C=O) groups excluding carboxylic acids is 1. The van der Waals surface area contributed by atoms with Gasteiger partial charge in [-0.25, -0.2) is 4.79 Å². The van der Waals surface area contributed by atoms with Crippen molar-refractivity contribution in [1.82, 2.24) is 0 Å². The maximum atomic E-state index is 11.9. The van der Waals surface area contributed by atoms with Crippen molar-refractivity contribution in [2.75, 3.05) is 0 Å². The molecule has 0 amide bonds.